The highest BCUT2D eigenvalue weighted by molar-refractivity contribution is 6.12. The van der Waals surface area contributed by atoms with Gasteiger partial charge in [0, 0.05) is 27.8 Å². The maximum Gasteiger partial charge on any atom is 0.136 e. The summed E-state index contributed by atoms with van der Waals surface area (Å²) >= 11 is 0. The zero-order valence-corrected chi connectivity index (χ0v) is 27.6. The summed E-state index contributed by atoms with van der Waals surface area (Å²) in [5.74, 6) is 0. The predicted molar refractivity (Wildman–Crippen MR) is 220 cm³/mol. The molecule has 9 aromatic carbocycles. The minimum Gasteiger partial charge on any atom is -0.456 e. The summed E-state index contributed by atoms with van der Waals surface area (Å²) in [7, 11) is 0. The molecule has 10 aromatic rings. The van der Waals surface area contributed by atoms with E-state index < -0.39 is 72.0 Å². The van der Waals surface area contributed by atoms with Gasteiger partial charge in [-0.25, -0.2) is 0 Å². The fourth-order valence-corrected chi connectivity index (χ4v) is 7.02. The third kappa shape index (κ3) is 5.12. The molecular weight excluding hydrogens is 631 g/mol. The van der Waals surface area contributed by atoms with Gasteiger partial charge in [-0.05, 0) is 103 Å². The number of para-hydroxylation sites is 1. The Morgan fingerprint density at radius 2 is 0.981 bits per heavy atom. The summed E-state index contributed by atoms with van der Waals surface area (Å²) in [6.45, 7) is 0. The summed E-state index contributed by atoms with van der Waals surface area (Å²) in [6, 6.07) is 36.5. The molecule has 0 spiro atoms. The van der Waals surface area contributed by atoms with Crippen molar-refractivity contribution in [3.63, 3.8) is 0 Å². The Morgan fingerprint density at radius 1 is 0.365 bits per heavy atom. The largest absolute Gasteiger partial charge is 0.456 e. The van der Waals surface area contributed by atoms with E-state index in [1.807, 2.05) is 127 Å². The molecule has 1 aromatic heterocycles. The van der Waals surface area contributed by atoms with Gasteiger partial charge in [0.15, 0.2) is 0 Å². The molecule has 0 atom stereocenters. The normalized spacial score (nSPS) is 14.4. The topological polar surface area (TPSA) is 16.4 Å². The van der Waals surface area contributed by atoms with Crippen LogP contribution in [0.5, 0.6) is 0 Å². The van der Waals surface area contributed by atoms with Crippen LogP contribution in [0.4, 0.5) is 17.1 Å². The van der Waals surface area contributed by atoms with Crippen LogP contribution in [0, 0.1) is 0 Å². The van der Waals surface area contributed by atoms with Gasteiger partial charge in [0.1, 0.15) is 11.2 Å². The molecule has 2 nitrogen and oxygen atoms in total. The van der Waals surface area contributed by atoms with Gasteiger partial charge in [-0.1, -0.05) is 151 Å². The van der Waals surface area contributed by atoms with Gasteiger partial charge in [-0.2, -0.15) is 0 Å². The highest BCUT2D eigenvalue weighted by atomic mass is 16.3. The van der Waals surface area contributed by atoms with Crippen molar-refractivity contribution in [2.24, 2.45) is 0 Å². The Morgan fingerprint density at radius 3 is 1.79 bits per heavy atom. The van der Waals surface area contributed by atoms with E-state index in [1.165, 1.54) is 0 Å². The molecule has 0 aliphatic rings. The highest BCUT2D eigenvalue weighted by Crippen LogP contribution is 2.41. The van der Waals surface area contributed by atoms with Crippen molar-refractivity contribution in [2.75, 3.05) is 4.90 Å². The lowest BCUT2D eigenvalue weighted by atomic mass is 9.97. The fourth-order valence-electron chi connectivity index (χ4n) is 7.02. The average Bonchev–Trinajstić information content (AvgIpc) is 3.70. The standard InChI is InChI=1S/C50H33NO/c1-3-14-42-34(10-1)12-7-17-44(42)36-22-28-39(29-23-36)51(40-30-24-37(25-31-40)45-18-8-13-35-11-2-4-15-43(35)45)41-32-26-38(27-33-41)46-19-9-21-49-50(46)47-16-5-6-20-48(47)52-49/h1-33H/i1D,3D,7D,10D,12D,14D,17D,22D,23D,28D,29D. The van der Waals surface area contributed by atoms with Gasteiger partial charge in [-0.3, -0.25) is 0 Å². The second-order valence-electron chi connectivity index (χ2n) is 12.5. The van der Waals surface area contributed by atoms with E-state index >= 15 is 0 Å². The van der Waals surface area contributed by atoms with Crippen LogP contribution in [0.25, 0.3) is 76.9 Å². The Hall–Kier alpha value is -6.90. The number of hydrogen-bond acceptors (Lipinski definition) is 2. The summed E-state index contributed by atoms with van der Waals surface area (Å²) in [4.78, 5) is 1.64. The highest BCUT2D eigenvalue weighted by Gasteiger charge is 2.16. The smallest absolute Gasteiger partial charge is 0.136 e. The minimum atomic E-state index is -0.671. The van der Waals surface area contributed by atoms with Gasteiger partial charge < -0.3 is 9.32 Å². The van der Waals surface area contributed by atoms with E-state index in [4.69, 9.17) is 14.0 Å². The maximum absolute atomic E-state index is 9.55. The molecule has 0 aliphatic carbocycles. The number of benzene rings is 9. The molecule has 0 bridgehead atoms. The molecule has 0 saturated heterocycles. The van der Waals surface area contributed by atoms with Crippen molar-refractivity contribution in [1.82, 2.24) is 0 Å². The quantitative estimate of drug-likeness (QED) is 0.175. The van der Waals surface area contributed by atoms with Crippen LogP contribution in [0.2, 0.25) is 0 Å². The van der Waals surface area contributed by atoms with Gasteiger partial charge in [0.25, 0.3) is 0 Å². The van der Waals surface area contributed by atoms with Crippen LogP contribution in [0.1, 0.15) is 15.1 Å². The van der Waals surface area contributed by atoms with Crippen molar-refractivity contribution in [2.45, 2.75) is 0 Å². The van der Waals surface area contributed by atoms with Crippen molar-refractivity contribution >= 4 is 60.5 Å². The molecule has 0 N–H and O–H groups in total. The third-order valence-electron chi connectivity index (χ3n) is 9.46. The zero-order chi connectivity index (χ0) is 44.0. The van der Waals surface area contributed by atoms with Gasteiger partial charge in [0.05, 0.1) is 15.1 Å². The number of anilines is 3. The molecule has 0 unspecified atom stereocenters. The van der Waals surface area contributed by atoms with Crippen LogP contribution in [-0.4, -0.2) is 0 Å². The van der Waals surface area contributed by atoms with Crippen LogP contribution in [-0.2, 0) is 0 Å². The molecular formula is C50H33NO. The van der Waals surface area contributed by atoms with E-state index in [-0.39, 0.29) is 22.0 Å². The monoisotopic (exact) mass is 674 g/mol. The molecule has 10 rings (SSSR count). The molecule has 0 saturated carbocycles. The third-order valence-corrected chi connectivity index (χ3v) is 9.46. The summed E-state index contributed by atoms with van der Waals surface area (Å²) < 4.78 is 104. The molecule has 244 valence electrons. The van der Waals surface area contributed by atoms with Crippen LogP contribution < -0.4 is 4.90 Å². The number of furan rings is 1. The molecule has 1 heterocycles. The summed E-state index contributed by atoms with van der Waals surface area (Å²) in [5, 5.41) is 3.41. The first-order valence-corrected chi connectivity index (χ1v) is 16.9. The predicted octanol–water partition coefficient (Wildman–Crippen LogP) is 14.4. The average molecular weight is 675 g/mol. The first-order valence-electron chi connectivity index (χ1n) is 22.4. The van der Waals surface area contributed by atoms with Crippen molar-refractivity contribution in [3.8, 4) is 33.4 Å². The van der Waals surface area contributed by atoms with Crippen molar-refractivity contribution in [3.05, 3.63) is 200 Å². The molecule has 2 heteroatoms. The maximum atomic E-state index is 9.55. The molecule has 0 radical (unpaired) electrons. The number of nitrogens with zero attached hydrogens (tertiary/aromatic N) is 1. The first-order chi connectivity index (χ1) is 30.4. The lowest BCUT2D eigenvalue weighted by Gasteiger charge is -2.26. The zero-order valence-electron chi connectivity index (χ0n) is 38.6. The van der Waals surface area contributed by atoms with E-state index in [2.05, 4.69) is 6.07 Å². The molecule has 0 amide bonds. The summed E-state index contributed by atoms with van der Waals surface area (Å²) in [5.41, 5.74) is 5.39. The van der Waals surface area contributed by atoms with E-state index in [9.17, 15) is 5.48 Å². The minimum absolute atomic E-state index is 0.108. The number of fused-ring (bicyclic) bond motifs is 5. The SMILES string of the molecule is [2H]c1c([2H])c(N(c2ccc(-c3cccc4ccccc34)cc2)c2ccc(-c3cccc4oc5ccccc5c34)cc2)c([2H])c([2H])c1-c1c([2H])c([2H])c([2H])c2c([2H])c([2H])c([2H])c([2H])c12. The van der Waals surface area contributed by atoms with Crippen LogP contribution in [0.15, 0.2) is 204 Å². The number of rotatable bonds is 6. The first kappa shape index (κ1) is 20.7. The fraction of sp³-hybridized carbons (Fsp3) is 0. The van der Waals surface area contributed by atoms with Crippen LogP contribution >= 0.6 is 0 Å². The van der Waals surface area contributed by atoms with Crippen molar-refractivity contribution in [1.29, 1.82) is 0 Å². The Bertz CT molecular complexity index is 3490. The van der Waals surface area contributed by atoms with Gasteiger partial charge in [-0.15, -0.1) is 0 Å². The molecule has 0 aliphatic heterocycles. The second kappa shape index (κ2) is 12.5. The van der Waals surface area contributed by atoms with Crippen molar-refractivity contribution < 1.29 is 19.5 Å². The Labute approximate surface area is 317 Å². The summed E-state index contributed by atoms with van der Waals surface area (Å²) in [6.07, 6.45) is 0. The Balaban J connectivity index is 1.19. The number of hydrogen-bond donors (Lipinski definition) is 0. The Kier molecular flexibility index (Phi) is 4.96. The van der Waals surface area contributed by atoms with E-state index in [0.29, 0.717) is 11.4 Å². The second-order valence-corrected chi connectivity index (χ2v) is 12.5. The van der Waals surface area contributed by atoms with Gasteiger partial charge >= 0.3 is 0 Å². The lowest BCUT2D eigenvalue weighted by molar-refractivity contribution is 0.669. The van der Waals surface area contributed by atoms with E-state index in [0.717, 1.165) is 55.0 Å². The van der Waals surface area contributed by atoms with E-state index in [1.54, 1.807) is 4.90 Å². The van der Waals surface area contributed by atoms with Crippen LogP contribution in [0.3, 0.4) is 0 Å². The lowest BCUT2D eigenvalue weighted by Crippen LogP contribution is -2.09. The molecule has 0 fully saturated rings. The molecule has 52 heavy (non-hydrogen) atoms. The van der Waals surface area contributed by atoms with Gasteiger partial charge in [0.2, 0.25) is 0 Å².